The van der Waals surface area contributed by atoms with Gasteiger partial charge in [-0.2, -0.15) is 0 Å². The van der Waals surface area contributed by atoms with E-state index in [1.54, 1.807) is 7.11 Å². The number of likely N-dealkylation sites (tertiary alicyclic amines) is 1. The number of ether oxygens (including phenoxy) is 1. The molecule has 2 rings (SSSR count). The van der Waals surface area contributed by atoms with Gasteiger partial charge in [-0.15, -0.1) is 0 Å². The van der Waals surface area contributed by atoms with E-state index in [2.05, 4.69) is 29.2 Å². The van der Waals surface area contributed by atoms with Crippen molar-refractivity contribution in [2.45, 2.75) is 44.9 Å². The van der Waals surface area contributed by atoms with E-state index in [9.17, 15) is 0 Å². The molecule has 0 bridgehead atoms. The molecular formula is C16H26N2O. The average molecular weight is 262 g/mol. The Morgan fingerprint density at radius 1 is 1.32 bits per heavy atom. The molecule has 1 aromatic carbocycles. The maximum Gasteiger partial charge on any atom is 0.0713 e. The number of hydrogen-bond donors (Lipinski definition) is 1. The van der Waals surface area contributed by atoms with E-state index >= 15 is 0 Å². The lowest BCUT2D eigenvalue weighted by Crippen LogP contribution is -2.40. The molecule has 3 heteroatoms. The largest absolute Gasteiger partial charge is 0.380 e. The molecule has 1 aromatic rings. The lowest BCUT2D eigenvalue weighted by molar-refractivity contribution is 0.134. The van der Waals surface area contributed by atoms with Gasteiger partial charge in [0.25, 0.3) is 0 Å². The Morgan fingerprint density at radius 3 is 2.95 bits per heavy atom. The molecule has 1 heterocycles. The van der Waals surface area contributed by atoms with E-state index in [-0.39, 0.29) is 0 Å². The van der Waals surface area contributed by atoms with Crippen molar-refractivity contribution in [1.29, 1.82) is 0 Å². The van der Waals surface area contributed by atoms with E-state index in [0.717, 1.165) is 19.5 Å². The van der Waals surface area contributed by atoms with Crippen molar-refractivity contribution < 1.29 is 4.74 Å². The lowest BCUT2D eigenvalue weighted by Gasteiger charge is -2.35. The molecule has 0 amide bonds. The first-order chi connectivity index (χ1) is 9.33. The van der Waals surface area contributed by atoms with Gasteiger partial charge in [0.15, 0.2) is 0 Å². The highest BCUT2D eigenvalue weighted by Gasteiger charge is 2.21. The van der Waals surface area contributed by atoms with Crippen LogP contribution in [0.3, 0.4) is 0 Å². The first-order valence-electron chi connectivity index (χ1n) is 7.34. The van der Waals surface area contributed by atoms with Crippen LogP contribution in [-0.4, -0.2) is 31.1 Å². The summed E-state index contributed by atoms with van der Waals surface area (Å²) in [5.41, 5.74) is 8.38. The van der Waals surface area contributed by atoms with Gasteiger partial charge in [-0.1, -0.05) is 30.7 Å². The number of methoxy groups -OCH3 is 1. The van der Waals surface area contributed by atoms with Gasteiger partial charge < -0.3 is 10.5 Å². The van der Waals surface area contributed by atoms with Gasteiger partial charge in [-0.3, -0.25) is 4.90 Å². The van der Waals surface area contributed by atoms with Crippen molar-refractivity contribution in [3.8, 4) is 0 Å². The zero-order valence-electron chi connectivity index (χ0n) is 12.0. The highest BCUT2D eigenvalue weighted by molar-refractivity contribution is 5.23. The fourth-order valence-electron chi connectivity index (χ4n) is 3.01. The predicted molar refractivity (Wildman–Crippen MR) is 78.9 cm³/mol. The number of piperidine rings is 1. The summed E-state index contributed by atoms with van der Waals surface area (Å²) in [6, 6.07) is 9.40. The van der Waals surface area contributed by atoms with Crippen molar-refractivity contribution in [2.75, 3.05) is 20.2 Å². The van der Waals surface area contributed by atoms with Crippen LogP contribution in [-0.2, 0) is 17.9 Å². The maximum atomic E-state index is 5.74. The summed E-state index contributed by atoms with van der Waals surface area (Å²) in [4.78, 5) is 2.60. The molecule has 1 fully saturated rings. The van der Waals surface area contributed by atoms with Crippen molar-refractivity contribution >= 4 is 0 Å². The normalized spacial score (nSPS) is 20.6. The second-order valence-corrected chi connectivity index (χ2v) is 5.45. The van der Waals surface area contributed by atoms with E-state index in [1.165, 1.54) is 36.9 Å². The Bertz CT molecular complexity index is 379. The molecule has 3 nitrogen and oxygen atoms in total. The van der Waals surface area contributed by atoms with Crippen LogP contribution in [0.25, 0.3) is 0 Å². The Kier molecular flexibility index (Phi) is 5.83. The summed E-state index contributed by atoms with van der Waals surface area (Å²) in [5, 5.41) is 0. The summed E-state index contributed by atoms with van der Waals surface area (Å²) < 4.78 is 5.20. The smallest absolute Gasteiger partial charge is 0.0713 e. The first-order valence-corrected chi connectivity index (χ1v) is 7.34. The number of nitrogens with two attached hydrogens (primary N) is 1. The van der Waals surface area contributed by atoms with Crippen LogP contribution in [0.4, 0.5) is 0 Å². The summed E-state index contributed by atoms with van der Waals surface area (Å²) in [7, 11) is 1.74. The van der Waals surface area contributed by atoms with Crippen LogP contribution in [0.1, 0.15) is 36.8 Å². The molecular weight excluding hydrogens is 236 g/mol. The quantitative estimate of drug-likeness (QED) is 0.856. The van der Waals surface area contributed by atoms with Gasteiger partial charge in [-0.25, -0.2) is 0 Å². The summed E-state index contributed by atoms with van der Waals surface area (Å²) in [5.74, 6) is 0. The molecule has 1 aliphatic rings. The summed E-state index contributed by atoms with van der Waals surface area (Å²) in [6.45, 7) is 3.74. The van der Waals surface area contributed by atoms with Gasteiger partial charge >= 0.3 is 0 Å². The number of benzene rings is 1. The van der Waals surface area contributed by atoms with Crippen molar-refractivity contribution in [3.63, 3.8) is 0 Å². The van der Waals surface area contributed by atoms with Gasteiger partial charge in [-0.05, 0) is 43.5 Å². The van der Waals surface area contributed by atoms with E-state index in [4.69, 9.17) is 10.5 Å². The number of hydrogen-bond acceptors (Lipinski definition) is 3. The van der Waals surface area contributed by atoms with Crippen molar-refractivity contribution in [2.24, 2.45) is 5.73 Å². The van der Waals surface area contributed by atoms with Crippen molar-refractivity contribution in [1.82, 2.24) is 4.90 Å². The maximum absolute atomic E-state index is 5.74. The molecule has 0 aliphatic carbocycles. The minimum absolute atomic E-state index is 0.671. The molecule has 0 radical (unpaired) electrons. The third kappa shape index (κ3) is 4.30. The van der Waals surface area contributed by atoms with Crippen LogP contribution in [0.2, 0.25) is 0 Å². The standard InChI is InChI=1S/C16H26N2O/c1-19-13-15-6-4-5-14(11-15)12-18-10-3-2-7-16(18)8-9-17/h4-6,11,16H,2-3,7-10,12-13,17H2,1H3. The predicted octanol–water partition coefficient (Wildman–Crippen LogP) is 2.54. The Morgan fingerprint density at radius 2 is 2.16 bits per heavy atom. The van der Waals surface area contributed by atoms with Crippen LogP contribution in [0, 0.1) is 0 Å². The summed E-state index contributed by atoms with van der Waals surface area (Å²) in [6.07, 6.45) is 5.09. The summed E-state index contributed by atoms with van der Waals surface area (Å²) >= 11 is 0. The van der Waals surface area contributed by atoms with Crippen LogP contribution in [0.15, 0.2) is 24.3 Å². The first kappa shape index (κ1) is 14.5. The third-order valence-corrected chi connectivity index (χ3v) is 3.94. The van der Waals surface area contributed by atoms with Crippen LogP contribution < -0.4 is 5.73 Å². The molecule has 1 unspecified atom stereocenters. The zero-order valence-corrected chi connectivity index (χ0v) is 12.0. The third-order valence-electron chi connectivity index (χ3n) is 3.94. The van der Waals surface area contributed by atoms with Crippen LogP contribution >= 0.6 is 0 Å². The molecule has 0 saturated carbocycles. The fraction of sp³-hybridized carbons (Fsp3) is 0.625. The lowest BCUT2D eigenvalue weighted by atomic mass is 9.98. The van der Waals surface area contributed by atoms with E-state index in [1.807, 2.05) is 0 Å². The molecule has 19 heavy (non-hydrogen) atoms. The minimum Gasteiger partial charge on any atom is -0.380 e. The van der Waals surface area contributed by atoms with Crippen LogP contribution in [0.5, 0.6) is 0 Å². The zero-order chi connectivity index (χ0) is 13.5. The Labute approximate surface area is 116 Å². The highest BCUT2D eigenvalue weighted by Crippen LogP contribution is 2.22. The average Bonchev–Trinajstić information content (AvgIpc) is 2.42. The van der Waals surface area contributed by atoms with Gasteiger partial charge in [0.1, 0.15) is 0 Å². The molecule has 106 valence electrons. The fourth-order valence-corrected chi connectivity index (χ4v) is 3.01. The molecule has 2 N–H and O–H groups in total. The Hall–Kier alpha value is -0.900. The SMILES string of the molecule is COCc1cccc(CN2CCCCC2CCN)c1. The topological polar surface area (TPSA) is 38.5 Å². The van der Waals surface area contributed by atoms with Crippen molar-refractivity contribution in [3.05, 3.63) is 35.4 Å². The molecule has 1 atom stereocenters. The molecule has 1 saturated heterocycles. The number of rotatable bonds is 6. The second-order valence-electron chi connectivity index (χ2n) is 5.45. The molecule has 0 spiro atoms. The van der Waals surface area contributed by atoms with Gasteiger partial charge in [0.2, 0.25) is 0 Å². The van der Waals surface area contributed by atoms with E-state index < -0.39 is 0 Å². The second kappa shape index (κ2) is 7.63. The Balaban J connectivity index is 1.99. The molecule has 0 aromatic heterocycles. The number of nitrogens with zero attached hydrogens (tertiary/aromatic N) is 1. The highest BCUT2D eigenvalue weighted by atomic mass is 16.5. The molecule has 1 aliphatic heterocycles. The minimum atomic E-state index is 0.671. The monoisotopic (exact) mass is 262 g/mol. The van der Waals surface area contributed by atoms with Gasteiger partial charge in [0, 0.05) is 19.7 Å². The van der Waals surface area contributed by atoms with Gasteiger partial charge in [0.05, 0.1) is 6.61 Å². The van der Waals surface area contributed by atoms with E-state index in [0.29, 0.717) is 12.6 Å².